The standard InChI is InChI=1S/C19H17N5/c1-22(16-6-2-8-18(14-16)23-12-4-10-20-23)17-7-3-9-19(15-17)24-13-5-11-21-24/h2-15H,1H3. The van der Waals surface area contributed by atoms with E-state index >= 15 is 0 Å². The van der Waals surface area contributed by atoms with Gasteiger partial charge in [-0.1, -0.05) is 12.1 Å². The summed E-state index contributed by atoms with van der Waals surface area (Å²) < 4.78 is 3.72. The molecule has 2 aromatic carbocycles. The van der Waals surface area contributed by atoms with Gasteiger partial charge < -0.3 is 4.90 Å². The fraction of sp³-hybridized carbons (Fsp3) is 0.0526. The number of nitrogens with zero attached hydrogens (tertiary/aromatic N) is 5. The van der Waals surface area contributed by atoms with Gasteiger partial charge >= 0.3 is 0 Å². The summed E-state index contributed by atoms with van der Waals surface area (Å²) in [6, 6.07) is 20.4. The van der Waals surface area contributed by atoms with Crippen LogP contribution in [0.1, 0.15) is 0 Å². The number of hydrogen-bond acceptors (Lipinski definition) is 3. The van der Waals surface area contributed by atoms with Crippen molar-refractivity contribution in [2.45, 2.75) is 0 Å². The van der Waals surface area contributed by atoms with Gasteiger partial charge in [0, 0.05) is 43.2 Å². The van der Waals surface area contributed by atoms with Gasteiger partial charge in [-0.25, -0.2) is 9.36 Å². The fourth-order valence-electron chi connectivity index (χ4n) is 2.68. The van der Waals surface area contributed by atoms with Crippen LogP contribution in [0.5, 0.6) is 0 Å². The second-order valence-corrected chi connectivity index (χ2v) is 5.50. The molecule has 0 bridgehead atoms. The summed E-state index contributed by atoms with van der Waals surface area (Å²) in [4.78, 5) is 2.15. The molecular formula is C19H17N5. The van der Waals surface area contributed by atoms with Crippen LogP contribution in [0.25, 0.3) is 11.4 Å². The topological polar surface area (TPSA) is 38.9 Å². The number of anilines is 2. The predicted molar refractivity (Wildman–Crippen MR) is 95.2 cm³/mol. The van der Waals surface area contributed by atoms with Gasteiger partial charge in [-0.3, -0.25) is 0 Å². The van der Waals surface area contributed by atoms with E-state index in [2.05, 4.69) is 46.4 Å². The molecular weight excluding hydrogens is 298 g/mol. The van der Waals surface area contributed by atoms with Gasteiger partial charge in [0.25, 0.3) is 0 Å². The molecule has 0 saturated heterocycles. The highest BCUT2D eigenvalue weighted by molar-refractivity contribution is 5.66. The molecule has 0 amide bonds. The van der Waals surface area contributed by atoms with Gasteiger partial charge in [-0.15, -0.1) is 0 Å². The molecule has 0 radical (unpaired) electrons. The summed E-state index contributed by atoms with van der Waals surface area (Å²) in [6.07, 6.45) is 7.45. The van der Waals surface area contributed by atoms with Crippen LogP contribution in [-0.2, 0) is 0 Å². The Kier molecular flexibility index (Phi) is 3.59. The predicted octanol–water partition coefficient (Wildman–Crippen LogP) is 3.83. The molecule has 24 heavy (non-hydrogen) atoms. The second kappa shape index (κ2) is 6.04. The molecule has 4 aromatic rings. The molecule has 4 rings (SSSR count). The maximum absolute atomic E-state index is 4.29. The van der Waals surface area contributed by atoms with E-state index in [0.29, 0.717) is 0 Å². The first kappa shape index (κ1) is 14.3. The summed E-state index contributed by atoms with van der Waals surface area (Å²) in [5.41, 5.74) is 4.27. The normalized spacial score (nSPS) is 10.7. The van der Waals surface area contributed by atoms with Crippen LogP contribution in [0, 0.1) is 0 Å². The van der Waals surface area contributed by atoms with Crippen LogP contribution >= 0.6 is 0 Å². The Hall–Kier alpha value is -3.34. The average Bonchev–Trinajstić information content (AvgIpc) is 3.35. The third kappa shape index (κ3) is 2.67. The van der Waals surface area contributed by atoms with Crippen molar-refractivity contribution < 1.29 is 0 Å². The van der Waals surface area contributed by atoms with E-state index in [1.165, 1.54) is 0 Å². The van der Waals surface area contributed by atoms with Crippen molar-refractivity contribution in [1.82, 2.24) is 19.6 Å². The van der Waals surface area contributed by atoms with Gasteiger partial charge in [-0.05, 0) is 48.5 Å². The fourth-order valence-corrected chi connectivity index (χ4v) is 2.68. The van der Waals surface area contributed by atoms with E-state index in [1.807, 2.05) is 58.2 Å². The molecule has 0 aliphatic carbocycles. The van der Waals surface area contributed by atoms with Gasteiger partial charge in [0.2, 0.25) is 0 Å². The van der Waals surface area contributed by atoms with Crippen molar-refractivity contribution in [2.24, 2.45) is 0 Å². The number of aromatic nitrogens is 4. The van der Waals surface area contributed by atoms with Crippen molar-refractivity contribution in [3.8, 4) is 11.4 Å². The minimum Gasteiger partial charge on any atom is -0.344 e. The Bertz CT molecular complexity index is 848. The molecule has 118 valence electrons. The zero-order valence-corrected chi connectivity index (χ0v) is 13.3. The van der Waals surface area contributed by atoms with Crippen LogP contribution in [0.15, 0.2) is 85.5 Å². The first-order chi connectivity index (χ1) is 11.8. The van der Waals surface area contributed by atoms with E-state index in [-0.39, 0.29) is 0 Å². The molecule has 5 nitrogen and oxygen atoms in total. The Balaban J connectivity index is 1.68. The lowest BCUT2D eigenvalue weighted by Crippen LogP contribution is -2.10. The molecule has 0 unspecified atom stereocenters. The van der Waals surface area contributed by atoms with E-state index in [9.17, 15) is 0 Å². The summed E-state index contributed by atoms with van der Waals surface area (Å²) in [7, 11) is 2.06. The van der Waals surface area contributed by atoms with Crippen LogP contribution in [0.2, 0.25) is 0 Å². The smallest absolute Gasteiger partial charge is 0.0666 e. The van der Waals surface area contributed by atoms with E-state index in [1.54, 1.807) is 12.4 Å². The van der Waals surface area contributed by atoms with Crippen molar-refractivity contribution >= 4 is 11.4 Å². The summed E-state index contributed by atoms with van der Waals surface area (Å²) in [6.45, 7) is 0. The summed E-state index contributed by atoms with van der Waals surface area (Å²) in [5.74, 6) is 0. The maximum Gasteiger partial charge on any atom is 0.0666 e. The lowest BCUT2D eigenvalue weighted by atomic mass is 10.2. The van der Waals surface area contributed by atoms with Crippen molar-refractivity contribution in [3.05, 3.63) is 85.5 Å². The van der Waals surface area contributed by atoms with Crippen LogP contribution in [-0.4, -0.2) is 26.6 Å². The first-order valence-electron chi connectivity index (χ1n) is 7.75. The second-order valence-electron chi connectivity index (χ2n) is 5.50. The van der Waals surface area contributed by atoms with Crippen molar-refractivity contribution in [3.63, 3.8) is 0 Å². The van der Waals surface area contributed by atoms with E-state index in [0.717, 1.165) is 22.7 Å². The van der Waals surface area contributed by atoms with E-state index < -0.39 is 0 Å². The molecule has 2 heterocycles. The largest absolute Gasteiger partial charge is 0.344 e. The Morgan fingerprint density at radius 1 is 0.708 bits per heavy atom. The molecule has 0 aliphatic heterocycles. The van der Waals surface area contributed by atoms with Gasteiger partial charge in [0.05, 0.1) is 11.4 Å². The first-order valence-corrected chi connectivity index (χ1v) is 7.75. The Morgan fingerprint density at radius 2 is 1.21 bits per heavy atom. The summed E-state index contributed by atoms with van der Waals surface area (Å²) >= 11 is 0. The van der Waals surface area contributed by atoms with Crippen molar-refractivity contribution in [2.75, 3.05) is 11.9 Å². The van der Waals surface area contributed by atoms with Gasteiger partial charge in [0.15, 0.2) is 0 Å². The molecule has 0 spiro atoms. The zero-order chi connectivity index (χ0) is 16.4. The zero-order valence-electron chi connectivity index (χ0n) is 13.3. The van der Waals surface area contributed by atoms with Crippen molar-refractivity contribution in [1.29, 1.82) is 0 Å². The van der Waals surface area contributed by atoms with Crippen LogP contribution in [0.3, 0.4) is 0 Å². The SMILES string of the molecule is CN(c1cccc(-n2cccn2)c1)c1cccc(-n2cccn2)c1. The highest BCUT2D eigenvalue weighted by Gasteiger charge is 2.07. The van der Waals surface area contributed by atoms with Gasteiger partial charge in [0.1, 0.15) is 0 Å². The number of rotatable bonds is 4. The molecule has 0 N–H and O–H groups in total. The lowest BCUT2D eigenvalue weighted by Gasteiger charge is -2.21. The highest BCUT2D eigenvalue weighted by Crippen LogP contribution is 2.26. The Morgan fingerprint density at radius 3 is 1.62 bits per heavy atom. The quantitative estimate of drug-likeness (QED) is 0.574. The average molecular weight is 315 g/mol. The van der Waals surface area contributed by atoms with E-state index in [4.69, 9.17) is 0 Å². The van der Waals surface area contributed by atoms with Crippen LogP contribution in [0.4, 0.5) is 11.4 Å². The molecule has 2 aromatic heterocycles. The minimum absolute atomic E-state index is 1.03. The third-order valence-corrected chi connectivity index (χ3v) is 3.97. The molecule has 0 atom stereocenters. The molecule has 0 saturated carbocycles. The molecule has 0 fully saturated rings. The molecule has 0 aliphatic rings. The number of hydrogen-bond donors (Lipinski definition) is 0. The minimum atomic E-state index is 1.03. The lowest BCUT2D eigenvalue weighted by molar-refractivity contribution is 0.878. The van der Waals surface area contributed by atoms with Gasteiger partial charge in [-0.2, -0.15) is 10.2 Å². The summed E-state index contributed by atoms with van der Waals surface area (Å²) in [5, 5.41) is 8.59. The monoisotopic (exact) mass is 315 g/mol. The number of benzene rings is 2. The Labute approximate surface area is 140 Å². The maximum atomic E-state index is 4.29. The van der Waals surface area contributed by atoms with Crippen LogP contribution < -0.4 is 4.90 Å². The third-order valence-electron chi connectivity index (χ3n) is 3.97. The molecule has 5 heteroatoms. The highest BCUT2D eigenvalue weighted by atomic mass is 15.3.